The van der Waals surface area contributed by atoms with Crippen LogP contribution in [0.4, 0.5) is 13.2 Å². The van der Waals surface area contributed by atoms with Gasteiger partial charge in [0.1, 0.15) is 0 Å². The maximum atomic E-state index is 12.3. The molecule has 4 nitrogen and oxygen atoms in total. The summed E-state index contributed by atoms with van der Waals surface area (Å²) in [7, 11) is 0. The van der Waals surface area contributed by atoms with Crippen LogP contribution >= 0.6 is 15.9 Å². The van der Waals surface area contributed by atoms with Gasteiger partial charge >= 0.3 is 12.1 Å². The zero-order chi connectivity index (χ0) is 13.2. The van der Waals surface area contributed by atoms with Gasteiger partial charge in [-0.05, 0) is 18.6 Å². The van der Waals surface area contributed by atoms with Crippen LogP contribution in [-0.2, 0) is 12.6 Å². The number of aromatic nitrogens is 3. The molecule has 8 heteroatoms. The maximum absolute atomic E-state index is 12.3. The second kappa shape index (κ2) is 5.05. The Morgan fingerprint density at radius 3 is 2.56 bits per heavy atom. The Kier molecular flexibility index (Phi) is 3.65. The number of hydrogen-bond donors (Lipinski definition) is 0. The van der Waals surface area contributed by atoms with Crippen LogP contribution in [0, 0.1) is 0 Å². The number of alkyl halides is 4. The highest BCUT2D eigenvalue weighted by Gasteiger charge is 2.38. The second-order valence-corrected chi connectivity index (χ2v) is 4.19. The summed E-state index contributed by atoms with van der Waals surface area (Å²) in [6, 6.07) is 3.32. The van der Waals surface area contributed by atoms with E-state index in [0.29, 0.717) is 5.56 Å². The minimum absolute atomic E-state index is 0.125. The van der Waals surface area contributed by atoms with Crippen LogP contribution < -0.4 is 0 Å². The lowest BCUT2D eigenvalue weighted by Gasteiger charge is -1.98. The van der Waals surface area contributed by atoms with Crippen molar-refractivity contribution in [1.29, 1.82) is 0 Å². The van der Waals surface area contributed by atoms with Gasteiger partial charge in [-0.3, -0.25) is 4.98 Å². The van der Waals surface area contributed by atoms with E-state index in [0.717, 1.165) is 17.4 Å². The largest absolute Gasteiger partial charge is 0.471 e. The standard InChI is InChI=1S/C10H7BrF3N3O/c11-4-3-7-2-1-6(5-15-7)8-16-9(18-17-8)10(12,13)14/h1-2,5H,3-4H2. The highest BCUT2D eigenvalue weighted by Crippen LogP contribution is 2.29. The summed E-state index contributed by atoms with van der Waals surface area (Å²) in [5, 5.41) is 4.04. The molecule has 0 N–H and O–H groups in total. The Balaban J connectivity index is 2.23. The number of pyridine rings is 1. The number of hydrogen-bond acceptors (Lipinski definition) is 4. The zero-order valence-electron chi connectivity index (χ0n) is 8.91. The smallest absolute Gasteiger partial charge is 0.329 e. The zero-order valence-corrected chi connectivity index (χ0v) is 10.5. The highest BCUT2D eigenvalue weighted by atomic mass is 79.9. The average Bonchev–Trinajstić information content (AvgIpc) is 2.79. The number of halogens is 4. The van der Waals surface area contributed by atoms with Crippen molar-refractivity contribution in [2.75, 3.05) is 5.33 Å². The van der Waals surface area contributed by atoms with Crippen molar-refractivity contribution < 1.29 is 17.7 Å². The third kappa shape index (κ3) is 2.87. The lowest BCUT2D eigenvalue weighted by molar-refractivity contribution is -0.159. The van der Waals surface area contributed by atoms with Crippen molar-refractivity contribution in [1.82, 2.24) is 15.1 Å². The van der Waals surface area contributed by atoms with Crippen molar-refractivity contribution >= 4 is 15.9 Å². The fourth-order valence-electron chi connectivity index (χ4n) is 1.26. The quantitative estimate of drug-likeness (QED) is 0.815. The molecule has 0 unspecified atom stereocenters. The molecule has 96 valence electrons. The van der Waals surface area contributed by atoms with Gasteiger partial charge in [-0.15, -0.1) is 0 Å². The molecule has 0 aliphatic heterocycles. The predicted molar refractivity (Wildman–Crippen MR) is 60.0 cm³/mol. The Bertz CT molecular complexity index is 524. The molecule has 0 aliphatic carbocycles. The van der Waals surface area contributed by atoms with Gasteiger partial charge in [-0.1, -0.05) is 21.1 Å². The van der Waals surface area contributed by atoms with Gasteiger partial charge in [0.15, 0.2) is 0 Å². The lowest BCUT2D eigenvalue weighted by Crippen LogP contribution is -2.04. The van der Waals surface area contributed by atoms with Crippen molar-refractivity contribution in [3.8, 4) is 11.4 Å². The summed E-state index contributed by atoms with van der Waals surface area (Å²) in [5.74, 6) is -1.48. The first-order valence-electron chi connectivity index (χ1n) is 4.93. The molecular formula is C10H7BrF3N3O. The van der Waals surface area contributed by atoms with Gasteiger partial charge in [-0.25, -0.2) is 0 Å². The van der Waals surface area contributed by atoms with Gasteiger partial charge < -0.3 is 4.52 Å². The molecular weight excluding hydrogens is 315 g/mol. The van der Waals surface area contributed by atoms with Crippen molar-refractivity contribution in [3.63, 3.8) is 0 Å². The van der Waals surface area contributed by atoms with E-state index in [1.54, 1.807) is 12.1 Å². The van der Waals surface area contributed by atoms with Crippen LogP contribution in [0.1, 0.15) is 11.6 Å². The number of aryl methyl sites for hydroxylation is 1. The molecule has 2 rings (SSSR count). The summed E-state index contributed by atoms with van der Waals surface area (Å²) >= 11 is 3.27. The monoisotopic (exact) mass is 321 g/mol. The van der Waals surface area contributed by atoms with E-state index in [9.17, 15) is 13.2 Å². The first-order chi connectivity index (χ1) is 8.50. The van der Waals surface area contributed by atoms with Gasteiger partial charge in [0.2, 0.25) is 5.82 Å². The van der Waals surface area contributed by atoms with Crippen LogP contribution in [-0.4, -0.2) is 20.5 Å². The fraction of sp³-hybridized carbons (Fsp3) is 0.300. The molecule has 0 amide bonds. The summed E-state index contributed by atoms with van der Waals surface area (Å²) in [5.41, 5.74) is 1.21. The first-order valence-corrected chi connectivity index (χ1v) is 6.05. The van der Waals surface area contributed by atoms with E-state index in [1.807, 2.05) is 0 Å². The summed E-state index contributed by atoms with van der Waals surface area (Å²) < 4.78 is 40.9. The normalized spacial score (nSPS) is 11.8. The van der Waals surface area contributed by atoms with Gasteiger partial charge in [-0.2, -0.15) is 18.2 Å². The van der Waals surface area contributed by atoms with E-state index in [4.69, 9.17) is 0 Å². The summed E-state index contributed by atoms with van der Waals surface area (Å²) in [6.45, 7) is 0. The molecule has 0 radical (unpaired) electrons. The topological polar surface area (TPSA) is 51.8 Å². The molecule has 0 aliphatic rings. The molecule has 0 saturated carbocycles. The maximum Gasteiger partial charge on any atom is 0.471 e. The number of rotatable bonds is 3. The van der Waals surface area contributed by atoms with E-state index in [2.05, 4.69) is 35.6 Å². The van der Waals surface area contributed by atoms with Crippen molar-refractivity contribution in [2.45, 2.75) is 12.6 Å². The SMILES string of the molecule is FC(F)(F)c1nc(-c2ccc(CCBr)nc2)no1. The summed E-state index contributed by atoms with van der Waals surface area (Å²) in [4.78, 5) is 7.36. The molecule has 18 heavy (non-hydrogen) atoms. The van der Waals surface area contributed by atoms with E-state index >= 15 is 0 Å². The molecule has 0 aromatic carbocycles. The van der Waals surface area contributed by atoms with Gasteiger partial charge in [0.05, 0.1) is 0 Å². The van der Waals surface area contributed by atoms with E-state index in [-0.39, 0.29) is 5.82 Å². The molecule has 0 bridgehead atoms. The highest BCUT2D eigenvalue weighted by molar-refractivity contribution is 9.09. The minimum Gasteiger partial charge on any atom is -0.329 e. The van der Waals surface area contributed by atoms with Gasteiger partial charge in [0.25, 0.3) is 0 Å². The van der Waals surface area contributed by atoms with Crippen LogP contribution in [0.2, 0.25) is 0 Å². The number of nitrogens with zero attached hydrogens (tertiary/aromatic N) is 3. The van der Waals surface area contributed by atoms with Crippen molar-refractivity contribution in [2.24, 2.45) is 0 Å². The molecule has 0 spiro atoms. The Morgan fingerprint density at radius 1 is 1.28 bits per heavy atom. The van der Waals surface area contributed by atoms with Crippen molar-refractivity contribution in [3.05, 3.63) is 29.9 Å². The Morgan fingerprint density at radius 2 is 2.06 bits per heavy atom. The van der Waals surface area contributed by atoms with Crippen LogP contribution in [0.25, 0.3) is 11.4 Å². The average molecular weight is 322 g/mol. The lowest BCUT2D eigenvalue weighted by atomic mass is 10.2. The van der Waals surface area contributed by atoms with Gasteiger partial charge in [0, 0.05) is 22.8 Å². The molecule has 0 saturated heterocycles. The van der Waals surface area contributed by atoms with Crippen LogP contribution in [0.3, 0.4) is 0 Å². The summed E-state index contributed by atoms with van der Waals surface area (Å²) in [6.07, 6.45) is -2.47. The molecule has 2 aromatic rings. The predicted octanol–water partition coefficient (Wildman–Crippen LogP) is 3.09. The molecule has 2 heterocycles. The molecule has 2 aromatic heterocycles. The third-order valence-electron chi connectivity index (χ3n) is 2.10. The van der Waals surface area contributed by atoms with E-state index in [1.165, 1.54) is 6.20 Å². The van der Waals surface area contributed by atoms with E-state index < -0.39 is 12.1 Å². The fourth-order valence-corrected chi connectivity index (χ4v) is 1.66. The van der Waals surface area contributed by atoms with Crippen LogP contribution in [0.5, 0.6) is 0 Å². The first kappa shape index (κ1) is 13.0. The minimum atomic E-state index is -4.63. The molecule has 0 atom stereocenters. The molecule has 0 fully saturated rings. The Labute approximate surface area is 108 Å². The second-order valence-electron chi connectivity index (χ2n) is 3.40. The third-order valence-corrected chi connectivity index (χ3v) is 2.50. The van der Waals surface area contributed by atoms with Crippen LogP contribution in [0.15, 0.2) is 22.9 Å². The Hall–Kier alpha value is -1.44.